The van der Waals surface area contributed by atoms with Gasteiger partial charge < -0.3 is 0 Å². The van der Waals surface area contributed by atoms with Crippen molar-refractivity contribution in [3.05, 3.63) is 104 Å². The molecule has 0 spiro atoms. The predicted molar refractivity (Wildman–Crippen MR) is 115 cm³/mol. The molecular weight excluding hydrogens is 419 g/mol. The molecular formula is C23H16BrFN2O. The number of hydrogen-bond donors (Lipinski definition) is 0. The fourth-order valence-corrected chi connectivity index (χ4v) is 3.70. The summed E-state index contributed by atoms with van der Waals surface area (Å²) >= 11 is 3.57. The summed E-state index contributed by atoms with van der Waals surface area (Å²) in [6, 6.07) is 19.2. The number of fused-ring (bicyclic) bond motifs is 1. The molecule has 0 saturated heterocycles. The summed E-state index contributed by atoms with van der Waals surface area (Å²) in [4.78, 5) is 18.0. The van der Waals surface area contributed by atoms with Gasteiger partial charge in [-0.15, -0.1) is 0 Å². The van der Waals surface area contributed by atoms with E-state index < -0.39 is 0 Å². The second-order valence-corrected chi connectivity index (χ2v) is 7.32. The van der Waals surface area contributed by atoms with Crippen LogP contribution in [0.4, 0.5) is 4.39 Å². The first kappa shape index (κ1) is 18.3. The summed E-state index contributed by atoms with van der Waals surface area (Å²) in [6.45, 7) is 1.99. The maximum absolute atomic E-state index is 13.3. The highest BCUT2D eigenvalue weighted by Crippen LogP contribution is 2.24. The molecule has 0 aliphatic rings. The average Bonchev–Trinajstić information content (AvgIpc) is 2.69. The molecule has 0 saturated carbocycles. The smallest absolute Gasteiger partial charge is 0.266 e. The lowest BCUT2D eigenvalue weighted by Crippen LogP contribution is -2.22. The van der Waals surface area contributed by atoms with Crippen molar-refractivity contribution >= 4 is 39.0 Å². The minimum atomic E-state index is -0.290. The maximum atomic E-state index is 13.3. The topological polar surface area (TPSA) is 34.9 Å². The first-order valence-electron chi connectivity index (χ1n) is 8.75. The number of aromatic nitrogens is 2. The van der Waals surface area contributed by atoms with Gasteiger partial charge in [-0.3, -0.25) is 9.36 Å². The van der Waals surface area contributed by atoms with E-state index in [-0.39, 0.29) is 11.4 Å². The van der Waals surface area contributed by atoms with Gasteiger partial charge in [0, 0.05) is 4.47 Å². The van der Waals surface area contributed by atoms with Gasteiger partial charge in [-0.1, -0.05) is 36.4 Å². The number of halogens is 2. The van der Waals surface area contributed by atoms with Crippen molar-refractivity contribution < 1.29 is 4.39 Å². The monoisotopic (exact) mass is 434 g/mol. The van der Waals surface area contributed by atoms with E-state index in [2.05, 4.69) is 20.9 Å². The molecule has 28 heavy (non-hydrogen) atoms. The van der Waals surface area contributed by atoms with Crippen molar-refractivity contribution in [2.45, 2.75) is 6.92 Å². The molecule has 4 aromatic rings. The van der Waals surface area contributed by atoms with E-state index in [1.807, 2.05) is 49.4 Å². The predicted octanol–water partition coefficient (Wildman–Crippen LogP) is 5.77. The minimum Gasteiger partial charge on any atom is -0.268 e. The van der Waals surface area contributed by atoms with Crippen LogP contribution in [0.1, 0.15) is 17.0 Å². The molecule has 0 radical (unpaired) electrons. The minimum absolute atomic E-state index is 0.145. The third-order valence-corrected chi connectivity index (χ3v) is 5.08. The fourth-order valence-electron chi connectivity index (χ4n) is 3.03. The third-order valence-electron chi connectivity index (χ3n) is 4.44. The highest BCUT2D eigenvalue weighted by atomic mass is 79.9. The van der Waals surface area contributed by atoms with Crippen LogP contribution in [0.5, 0.6) is 0 Å². The summed E-state index contributed by atoms with van der Waals surface area (Å²) in [5.74, 6) is 0.207. The molecule has 0 aliphatic carbocycles. The van der Waals surface area contributed by atoms with E-state index in [9.17, 15) is 9.18 Å². The molecule has 1 aromatic heterocycles. The quantitative estimate of drug-likeness (QED) is 0.410. The van der Waals surface area contributed by atoms with Crippen LogP contribution >= 0.6 is 15.9 Å². The number of rotatable bonds is 3. The van der Waals surface area contributed by atoms with E-state index in [0.29, 0.717) is 22.4 Å². The van der Waals surface area contributed by atoms with E-state index in [4.69, 9.17) is 0 Å². The second-order valence-electron chi connectivity index (χ2n) is 6.47. The Labute approximate surface area is 169 Å². The highest BCUT2D eigenvalue weighted by Gasteiger charge is 2.13. The molecule has 0 bridgehead atoms. The van der Waals surface area contributed by atoms with Gasteiger partial charge >= 0.3 is 0 Å². The van der Waals surface area contributed by atoms with E-state index in [0.717, 1.165) is 15.6 Å². The molecule has 0 aliphatic heterocycles. The van der Waals surface area contributed by atoms with Crippen LogP contribution in [-0.2, 0) is 0 Å². The van der Waals surface area contributed by atoms with E-state index >= 15 is 0 Å². The lowest BCUT2D eigenvalue weighted by molar-refractivity contribution is 0.628. The first-order valence-corrected chi connectivity index (χ1v) is 9.54. The van der Waals surface area contributed by atoms with Gasteiger partial charge in [0.05, 0.1) is 16.6 Å². The first-order chi connectivity index (χ1) is 13.5. The number of hydrogen-bond acceptors (Lipinski definition) is 2. The Bertz CT molecular complexity index is 1260. The Morgan fingerprint density at radius 1 is 1.00 bits per heavy atom. The molecule has 3 nitrogen and oxygen atoms in total. The molecule has 3 aromatic carbocycles. The third kappa shape index (κ3) is 3.53. The molecule has 1 heterocycles. The van der Waals surface area contributed by atoms with Crippen LogP contribution in [0, 0.1) is 12.7 Å². The molecule has 0 fully saturated rings. The van der Waals surface area contributed by atoms with Crippen LogP contribution in [0.3, 0.4) is 0 Å². The molecule has 0 amide bonds. The average molecular weight is 435 g/mol. The number of para-hydroxylation sites is 1. The van der Waals surface area contributed by atoms with Crippen molar-refractivity contribution in [3.8, 4) is 5.69 Å². The Morgan fingerprint density at radius 3 is 2.50 bits per heavy atom. The lowest BCUT2D eigenvalue weighted by atomic mass is 10.2. The van der Waals surface area contributed by atoms with Crippen LogP contribution in [0.15, 0.2) is 76.0 Å². The summed E-state index contributed by atoms with van der Waals surface area (Å²) in [7, 11) is 0. The van der Waals surface area contributed by atoms with E-state index in [1.165, 1.54) is 12.1 Å². The zero-order chi connectivity index (χ0) is 19.7. The van der Waals surface area contributed by atoms with Gasteiger partial charge in [0.2, 0.25) is 0 Å². The SMILES string of the molecule is Cc1ccc(-n2c(/C=C\c3ccc(F)cc3)nc3ccccc3c2=O)c(Br)c1. The zero-order valence-electron chi connectivity index (χ0n) is 15.1. The number of benzene rings is 3. The normalized spacial score (nSPS) is 11.4. The Morgan fingerprint density at radius 2 is 1.75 bits per heavy atom. The van der Waals surface area contributed by atoms with Gasteiger partial charge in [-0.2, -0.15) is 0 Å². The Hall–Kier alpha value is -3.05. The summed E-state index contributed by atoms with van der Waals surface area (Å²) in [5, 5.41) is 0.550. The van der Waals surface area contributed by atoms with E-state index in [1.54, 1.807) is 28.8 Å². The largest absolute Gasteiger partial charge is 0.268 e. The van der Waals surface area contributed by atoms with Crippen molar-refractivity contribution in [2.24, 2.45) is 0 Å². The molecule has 138 valence electrons. The van der Waals surface area contributed by atoms with Gasteiger partial charge in [0.25, 0.3) is 5.56 Å². The molecule has 0 N–H and O–H groups in total. The van der Waals surface area contributed by atoms with Crippen molar-refractivity contribution in [1.82, 2.24) is 9.55 Å². The van der Waals surface area contributed by atoms with Gasteiger partial charge in [-0.05, 0) is 76.5 Å². The maximum Gasteiger partial charge on any atom is 0.266 e. The summed E-state index contributed by atoms with van der Waals surface area (Å²) < 4.78 is 15.6. The highest BCUT2D eigenvalue weighted by molar-refractivity contribution is 9.10. The fraction of sp³-hybridized carbons (Fsp3) is 0.0435. The standard InChI is InChI=1S/C23H16BrFN2O/c1-15-6-12-21(19(24)14-15)27-22(13-9-16-7-10-17(25)11-8-16)26-20-5-3-2-4-18(20)23(27)28/h2-14H,1H3/b13-9-. The van der Waals surface area contributed by atoms with Gasteiger partial charge in [0.15, 0.2) is 0 Å². The number of nitrogens with zero attached hydrogens (tertiary/aromatic N) is 2. The van der Waals surface area contributed by atoms with Crippen LogP contribution in [0.25, 0.3) is 28.7 Å². The van der Waals surface area contributed by atoms with Crippen molar-refractivity contribution in [2.75, 3.05) is 0 Å². The Balaban J connectivity index is 1.95. The summed E-state index contributed by atoms with van der Waals surface area (Å²) in [6.07, 6.45) is 3.59. The molecule has 5 heteroatoms. The zero-order valence-corrected chi connectivity index (χ0v) is 16.7. The number of aryl methyl sites for hydroxylation is 1. The molecule has 0 unspecified atom stereocenters. The lowest BCUT2D eigenvalue weighted by Gasteiger charge is -2.13. The second kappa shape index (κ2) is 7.52. The van der Waals surface area contributed by atoms with Gasteiger partial charge in [0.1, 0.15) is 11.6 Å². The van der Waals surface area contributed by atoms with Crippen LogP contribution < -0.4 is 5.56 Å². The molecule has 0 atom stereocenters. The van der Waals surface area contributed by atoms with Crippen molar-refractivity contribution in [1.29, 1.82) is 0 Å². The van der Waals surface area contributed by atoms with Gasteiger partial charge in [-0.25, -0.2) is 9.37 Å². The van der Waals surface area contributed by atoms with Crippen molar-refractivity contribution in [3.63, 3.8) is 0 Å². The van der Waals surface area contributed by atoms with Crippen LogP contribution in [-0.4, -0.2) is 9.55 Å². The van der Waals surface area contributed by atoms with Crippen LogP contribution in [0.2, 0.25) is 0 Å². The summed E-state index contributed by atoms with van der Waals surface area (Å²) in [5.41, 5.74) is 3.10. The molecule has 4 rings (SSSR count). The Kier molecular flexibility index (Phi) is 4.92.